The maximum atomic E-state index is 12.2. The van der Waals surface area contributed by atoms with Gasteiger partial charge in [0.05, 0.1) is 6.61 Å². The van der Waals surface area contributed by atoms with Gasteiger partial charge in [0.25, 0.3) is 0 Å². The van der Waals surface area contributed by atoms with Crippen LogP contribution in [0.15, 0.2) is 36.5 Å². The Kier molecular flexibility index (Phi) is 38.0. The summed E-state index contributed by atoms with van der Waals surface area (Å²) < 4.78 is 10.6. The first-order chi connectivity index (χ1) is 23.6. The molecule has 5 nitrogen and oxygen atoms in total. The average molecular weight is 675 g/mol. The van der Waals surface area contributed by atoms with Crippen molar-refractivity contribution in [3.63, 3.8) is 0 Å². The highest BCUT2D eigenvalue weighted by Crippen LogP contribution is 2.13. The van der Waals surface area contributed by atoms with Crippen molar-refractivity contribution in [1.82, 2.24) is 0 Å². The van der Waals surface area contributed by atoms with Gasteiger partial charge in [0.2, 0.25) is 0 Å². The van der Waals surface area contributed by atoms with E-state index in [-0.39, 0.29) is 25.2 Å². The molecule has 0 bridgehead atoms. The SMILES string of the molecule is CCCCC/C=C\C/C=C\CCCCCCCC(=O)OC(CO)COC(=O)CCCCCCCCCCC/C=C\CCCCCCCC. The van der Waals surface area contributed by atoms with Gasteiger partial charge < -0.3 is 14.6 Å². The first kappa shape index (κ1) is 46.1. The van der Waals surface area contributed by atoms with Gasteiger partial charge in [-0.3, -0.25) is 9.59 Å². The Bertz CT molecular complexity index is 771. The number of aliphatic hydroxyl groups is 1. The Hall–Kier alpha value is -1.88. The van der Waals surface area contributed by atoms with E-state index in [9.17, 15) is 14.7 Å². The average Bonchev–Trinajstić information content (AvgIpc) is 3.09. The van der Waals surface area contributed by atoms with Crippen molar-refractivity contribution in [2.75, 3.05) is 13.2 Å². The second-order valence-corrected chi connectivity index (χ2v) is 13.7. The molecule has 0 fully saturated rings. The Morgan fingerprint density at radius 1 is 0.479 bits per heavy atom. The zero-order valence-electron chi connectivity index (χ0n) is 31.7. The van der Waals surface area contributed by atoms with Gasteiger partial charge in [0, 0.05) is 12.8 Å². The zero-order chi connectivity index (χ0) is 35.0. The molecule has 1 N–H and O–H groups in total. The molecule has 5 heteroatoms. The highest BCUT2D eigenvalue weighted by atomic mass is 16.6. The third-order valence-electron chi connectivity index (χ3n) is 8.91. The topological polar surface area (TPSA) is 72.8 Å². The summed E-state index contributed by atoms with van der Waals surface area (Å²) in [5, 5.41) is 9.56. The Morgan fingerprint density at radius 2 is 0.833 bits per heavy atom. The number of carbonyl (C=O) groups is 2. The number of hydrogen-bond donors (Lipinski definition) is 1. The van der Waals surface area contributed by atoms with Gasteiger partial charge in [-0.25, -0.2) is 0 Å². The van der Waals surface area contributed by atoms with Crippen LogP contribution in [0.4, 0.5) is 0 Å². The van der Waals surface area contributed by atoms with E-state index in [1.807, 2.05) is 0 Å². The molecule has 0 spiro atoms. The summed E-state index contributed by atoms with van der Waals surface area (Å²) in [5.74, 6) is -0.606. The van der Waals surface area contributed by atoms with Crippen LogP contribution in [0, 0.1) is 0 Å². The minimum absolute atomic E-state index is 0.0713. The molecule has 1 unspecified atom stereocenters. The maximum Gasteiger partial charge on any atom is 0.306 e. The van der Waals surface area contributed by atoms with Gasteiger partial charge in [0.1, 0.15) is 6.61 Å². The summed E-state index contributed by atoms with van der Waals surface area (Å²) in [4.78, 5) is 24.3. The van der Waals surface area contributed by atoms with Crippen LogP contribution < -0.4 is 0 Å². The molecule has 0 heterocycles. The lowest BCUT2D eigenvalue weighted by molar-refractivity contribution is -0.161. The van der Waals surface area contributed by atoms with Gasteiger partial charge in [-0.1, -0.05) is 159 Å². The van der Waals surface area contributed by atoms with Crippen molar-refractivity contribution < 1.29 is 24.2 Å². The summed E-state index contributed by atoms with van der Waals surface area (Å²) in [5.41, 5.74) is 0. The van der Waals surface area contributed by atoms with Crippen molar-refractivity contribution in [1.29, 1.82) is 0 Å². The highest BCUT2D eigenvalue weighted by Gasteiger charge is 2.16. The van der Waals surface area contributed by atoms with Crippen LogP contribution in [0.5, 0.6) is 0 Å². The molecule has 48 heavy (non-hydrogen) atoms. The summed E-state index contributed by atoms with van der Waals surface area (Å²) in [6.45, 7) is 4.10. The second-order valence-electron chi connectivity index (χ2n) is 13.7. The molecule has 0 aromatic carbocycles. The third kappa shape index (κ3) is 36.9. The molecule has 0 aromatic heterocycles. The van der Waals surface area contributed by atoms with Crippen LogP contribution in [0.3, 0.4) is 0 Å². The molecule has 280 valence electrons. The molecule has 0 saturated carbocycles. The smallest absolute Gasteiger partial charge is 0.306 e. The van der Waals surface area contributed by atoms with E-state index in [4.69, 9.17) is 9.47 Å². The number of esters is 2. The van der Waals surface area contributed by atoms with E-state index < -0.39 is 6.10 Å². The predicted octanol–water partition coefficient (Wildman–Crippen LogP) is 12.8. The number of hydrogen-bond acceptors (Lipinski definition) is 5. The Labute approximate surface area is 297 Å². The predicted molar refractivity (Wildman–Crippen MR) is 205 cm³/mol. The lowest BCUT2D eigenvalue weighted by atomic mass is 10.1. The van der Waals surface area contributed by atoms with Crippen LogP contribution in [0.2, 0.25) is 0 Å². The Morgan fingerprint density at radius 3 is 1.29 bits per heavy atom. The number of allylic oxidation sites excluding steroid dienone is 6. The van der Waals surface area contributed by atoms with Gasteiger partial charge in [-0.05, 0) is 70.6 Å². The lowest BCUT2D eigenvalue weighted by Gasteiger charge is -2.15. The zero-order valence-corrected chi connectivity index (χ0v) is 31.7. The fourth-order valence-corrected chi connectivity index (χ4v) is 5.75. The van der Waals surface area contributed by atoms with Crippen LogP contribution in [-0.2, 0) is 19.1 Å². The van der Waals surface area contributed by atoms with E-state index in [0.29, 0.717) is 12.8 Å². The van der Waals surface area contributed by atoms with Crippen LogP contribution in [0.25, 0.3) is 0 Å². The normalized spacial score (nSPS) is 12.5. The number of ether oxygens (including phenoxy) is 2. The maximum absolute atomic E-state index is 12.2. The van der Waals surface area contributed by atoms with E-state index in [1.54, 1.807) is 0 Å². The van der Waals surface area contributed by atoms with Gasteiger partial charge in [-0.2, -0.15) is 0 Å². The number of aliphatic hydroxyl groups excluding tert-OH is 1. The Balaban J connectivity index is 3.55. The summed E-state index contributed by atoms with van der Waals surface area (Å²) in [7, 11) is 0. The second kappa shape index (κ2) is 39.6. The molecule has 1 atom stereocenters. The van der Waals surface area contributed by atoms with Crippen LogP contribution in [0.1, 0.15) is 206 Å². The molecule has 0 aromatic rings. The standard InChI is InChI=1S/C43H78O5/c1-3-5-7-9-11-13-15-17-19-20-21-22-24-25-27-29-31-33-35-37-42(45)47-40-41(39-44)48-43(46)38-36-34-32-30-28-26-23-18-16-14-12-10-8-6-4-2/h12,14,17-19,23,41,44H,3-11,13,15-16,20-22,24-40H2,1-2H3/b14-12-,19-17-,23-18-. The van der Waals surface area contributed by atoms with E-state index in [2.05, 4.69) is 50.3 Å². The minimum Gasteiger partial charge on any atom is -0.462 e. The molecule has 0 aliphatic rings. The third-order valence-corrected chi connectivity index (χ3v) is 8.91. The minimum atomic E-state index is -0.777. The summed E-state index contributed by atoms with van der Waals surface area (Å²) in [6, 6.07) is 0. The van der Waals surface area contributed by atoms with Gasteiger partial charge in [0.15, 0.2) is 6.10 Å². The molecule has 0 aliphatic heterocycles. The summed E-state index contributed by atoms with van der Waals surface area (Å²) >= 11 is 0. The first-order valence-corrected chi connectivity index (χ1v) is 20.5. The number of unbranched alkanes of at least 4 members (excludes halogenated alkanes) is 23. The number of rotatable bonds is 37. The van der Waals surface area contributed by atoms with E-state index in [0.717, 1.165) is 51.4 Å². The van der Waals surface area contributed by atoms with Crippen LogP contribution >= 0.6 is 0 Å². The van der Waals surface area contributed by atoms with Crippen molar-refractivity contribution >= 4 is 11.9 Å². The van der Waals surface area contributed by atoms with E-state index >= 15 is 0 Å². The van der Waals surface area contributed by atoms with Crippen LogP contribution in [-0.4, -0.2) is 36.4 Å². The van der Waals surface area contributed by atoms with Crippen molar-refractivity contribution in [2.45, 2.75) is 213 Å². The molecule has 0 saturated heterocycles. The lowest BCUT2D eigenvalue weighted by Crippen LogP contribution is -2.28. The highest BCUT2D eigenvalue weighted by molar-refractivity contribution is 5.70. The molecular weight excluding hydrogens is 596 g/mol. The van der Waals surface area contributed by atoms with Crippen molar-refractivity contribution in [3.05, 3.63) is 36.5 Å². The summed E-state index contributed by atoms with van der Waals surface area (Å²) in [6.07, 6.45) is 47.7. The largest absolute Gasteiger partial charge is 0.462 e. The van der Waals surface area contributed by atoms with Crippen molar-refractivity contribution in [2.24, 2.45) is 0 Å². The van der Waals surface area contributed by atoms with E-state index in [1.165, 1.54) is 128 Å². The number of carbonyl (C=O) groups excluding carboxylic acids is 2. The molecule has 0 aliphatic carbocycles. The van der Waals surface area contributed by atoms with Crippen molar-refractivity contribution in [3.8, 4) is 0 Å². The molecular formula is C43H78O5. The first-order valence-electron chi connectivity index (χ1n) is 20.5. The quantitative estimate of drug-likeness (QED) is 0.0403. The van der Waals surface area contributed by atoms with Gasteiger partial charge >= 0.3 is 11.9 Å². The fourth-order valence-electron chi connectivity index (χ4n) is 5.75. The van der Waals surface area contributed by atoms with Gasteiger partial charge in [-0.15, -0.1) is 0 Å². The fraction of sp³-hybridized carbons (Fsp3) is 0.814. The monoisotopic (exact) mass is 675 g/mol. The molecule has 0 rings (SSSR count). The molecule has 0 radical (unpaired) electrons. The molecule has 0 amide bonds.